The second-order valence-electron chi connectivity index (χ2n) is 7.62. The van der Waals surface area contributed by atoms with Gasteiger partial charge in [-0.2, -0.15) is 0 Å². The van der Waals surface area contributed by atoms with E-state index in [0.717, 1.165) is 37.7 Å². The third-order valence-corrected chi connectivity index (χ3v) is 7.89. The fourth-order valence-electron chi connectivity index (χ4n) is 4.08. The van der Waals surface area contributed by atoms with Gasteiger partial charge in [-0.05, 0) is 51.6 Å². The van der Waals surface area contributed by atoms with Crippen LogP contribution in [0.15, 0.2) is 10.5 Å². The lowest BCUT2D eigenvalue weighted by Crippen LogP contribution is -2.35. The lowest BCUT2D eigenvalue weighted by molar-refractivity contribution is -0.119. The molecule has 0 spiro atoms. The van der Waals surface area contributed by atoms with E-state index in [1.54, 1.807) is 6.92 Å². The van der Waals surface area contributed by atoms with E-state index in [4.69, 9.17) is 4.98 Å². The van der Waals surface area contributed by atoms with Crippen molar-refractivity contribution in [1.82, 2.24) is 15.2 Å². The third kappa shape index (κ3) is 3.51. The highest BCUT2D eigenvalue weighted by Gasteiger charge is 2.40. The van der Waals surface area contributed by atoms with Gasteiger partial charge in [0.25, 0.3) is 0 Å². The summed E-state index contributed by atoms with van der Waals surface area (Å²) in [7, 11) is 0. The molecule has 1 aromatic heterocycles. The molecule has 0 saturated heterocycles. The average molecular weight is 390 g/mol. The first-order valence-corrected chi connectivity index (χ1v) is 11.3. The maximum Gasteiger partial charge on any atom is 0.217 e. The van der Waals surface area contributed by atoms with E-state index in [-0.39, 0.29) is 17.2 Å². The van der Waals surface area contributed by atoms with Crippen LogP contribution in [-0.4, -0.2) is 40.3 Å². The summed E-state index contributed by atoms with van der Waals surface area (Å²) in [5.41, 5.74) is 1.52. The van der Waals surface area contributed by atoms with Crippen LogP contribution in [0, 0.1) is 0 Å². The van der Waals surface area contributed by atoms with Crippen LogP contribution in [0.25, 0.3) is 12.2 Å². The number of nitrogens with zero attached hydrogens (tertiary/aromatic N) is 2. The minimum absolute atomic E-state index is 0.0466. The Balaban J connectivity index is 1.73. The molecule has 1 amide bonds. The van der Waals surface area contributed by atoms with Gasteiger partial charge in [0.1, 0.15) is 5.01 Å². The van der Waals surface area contributed by atoms with Crippen molar-refractivity contribution >= 4 is 41.2 Å². The fourth-order valence-corrected chi connectivity index (χ4v) is 6.95. The molecule has 1 aromatic rings. The molecular weight excluding hydrogens is 362 g/mol. The van der Waals surface area contributed by atoms with Gasteiger partial charge in [0, 0.05) is 24.4 Å². The zero-order chi connectivity index (χ0) is 18.3. The molecular formula is C20H27N3OS2. The second kappa shape index (κ2) is 7.49. The summed E-state index contributed by atoms with van der Waals surface area (Å²) >= 11 is 3.68. The molecule has 4 rings (SSSR count). The number of hydrogen-bond acceptors (Lipinski definition) is 5. The third-order valence-electron chi connectivity index (χ3n) is 5.42. The molecule has 2 aliphatic heterocycles. The lowest BCUT2D eigenvalue weighted by Gasteiger charge is -2.26. The normalized spacial score (nSPS) is 26.0. The number of carbonyl (C=O) groups is 1. The van der Waals surface area contributed by atoms with Gasteiger partial charge in [-0.3, -0.25) is 9.69 Å². The highest BCUT2D eigenvalue weighted by atomic mass is 32.2. The summed E-state index contributed by atoms with van der Waals surface area (Å²) in [5, 5.41) is 5.61. The van der Waals surface area contributed by atoms with Gasteiger partial charge in [0.15, 0.2) is 0 Å². The molecule has 0 saturated carbocycles. The molecule has 140 valence electrons. The van der Waals surface area contributed by atoms with Crippen molar-refractivity contribution in [3.8, 4) is 0 Å². The molecule has 2 unspecified atom stereocenters. The Morgan fingerprint density at radius 2 is 2.15 bits per heavy atom. The van der Waals surface area contributed by atoms with Crippen molar-refractivity contribution in [2.24, 2.45) is 0 Å². The topological polar surface area (TPSA) is 45.2 Å². The van der Waals surface area contributed by atoms with Gasteiger partial charge in [-0.25, -0.2) is 4.98 Å². The van der Waals surface area contributed by atoms with Gasteiger partial charge < -0.3 is 5.32 Å². The maximum absolute atomic E-state index is 11.8. The van der Waals surface area contributed by atoms with Gasteiger partial charge >= 0.3 is 0 Å². The Labute approximate surface area is 163 Å². The monoisotopic (exact) mass is 389 g/mol. The molecule has 1 N–H and O–H groups in total. The van der Waals surface area contributed by atoms with Gasteiger partial charge in [0.2, 0.25) is 5.91 Å². The fraction of sp³-hybridized carbons (Fsp3) is 0.600. The zero-order valence-corrected chi connectivity index (χ0v) is 17.4. The van der Waals surface area contributed by atoms with Crippen LogP contribution >= 0.6 is 23.1 Å². The van der Waals surface area contributed by atoms with Gasteiger partial charge in [-0.1, -0.05) is 12.2 Å². The SMILES string of the molecule is CC(=O)NC1SC2=C(CCCN(C(C)C)C2)C1c1nc2c(s1)=CCCC=2. The predicted molar refractivity (Wildman–Crippen MR) is 110 cm³/mol. The van der Waals surface area contributed by atoms with Crippen molar-refractivity contribution in [3.05, 3.63) is 25.4 Å². The molecule has 0 fully saturated rings. The summed E-state index contributed by atoms with van der Waals surface area (Å²) in [6, 6.07) is 0.553. The van der Waals surface area contributed by atoms with Crippen molar-refractivity contribution in [2.75, 3.05) is 13.1 Å². The summed E-state index contributed by atoms with van der Waals surface area (Å²) < 4.78 is 1.31. The molecule has 2 atom stereocenters. The summed E-state index contributed by atoms with van der Waals surface area (Å²) in [6.45, 7) is 8.32. The largest absolute Gasteiger partial charge is 0.343 e. The van der Waals surface area contributed by atoms with Crippen molar-refractivity contribution in [3.63, 3.8) is 0 Å². The number of fused-ring (bicyclic) bond motifs is 1. The molecule has 3 heterocycles. The maximum atomic E-state index is 11.8. The molecule has 0 radical (unpaired) electrons. The van der Waals surface area contributed by atoms with Crippen LogP contribution in [0.4, 0.5) is 0 Å². The number of carbonyl (C=O) groups excluding carboxylic acids is 1. The first kappa shape index (κ1) is 18.3. The number of rotatable bonds is 3. The van der Waals surface area contributed by atoms with E-state index in [9.17, 15) is 4.79 Å². The van der Waals surface area contributed by atoms with E-state index >= 15 is 0 Å². The Morgan fingerprint density at radius 3 is 2.88 bits per heavy atom. The van der Waals surface area contributed by atoms with E-state index in [2.05, 4.69) is 36.2 Å². The quantitative estimate of drug-likeness (QED) is 0.863. The smallest absolute Gasteiger partial charge is 0.217 e. The zero-order valence-electron chi connectivity index (χ0n) is 15.7. The number of hydrogen-bond donors (Lipinski definition) is 1. The summed E-state index contributed by atoms with van der Waals surface area (Å²) in [4.78, 5) is 20.8. The van der Waals surface area contributed by atoms with Gasteiger partial charge in [0.05, 0.1) is 21.2 Å². The highest BCUT2D eigenvalue weighted by molar-refractivity contribution is 8.04. The predicted octanol–water partition coefficient (Wildman–Crippen LogP) is 2.55. The first-order chi connectivity index (χ1) is 12.5. The van der Waals surface area contributed by atoms with Crippen LogP contribution in [0.2, 0.25) is 0 Å². The number of aromatic nitrogens is 1. The number of thiazole rings is 1. The Morgan fingerprint density at radius 1 is 1.35 bits per heavy atom. The Bertz CT molecular complexity index is 821. The number of amides is 1. The minimum atomic E-state index is 0.0466. The summed E-state index contributed by atoms with van der Waals surface area (Å²) in [5.74, 6) is 0.272. The Kier molecular flexibility index (Phi) is 5.26. The minimum Gasteiger partial charge on any atom is -0.343 e. The van der Waals surface area contributed by atoms with Crippen LogP contribution in [-0.2, 0) is 4.79 Å². The van der Waals surface area contributed by atoms with Crippen LogP contribution in [0.1, 0.15) is 57.4 Å². The van der Waals surface area contributed by atoms with Crippen LogP contribution in [0.3, 0.4) is 0 Å². The molecule has 0 bridgehead atoms. The molecule has 4 nitrogen and oxygen atoms in total. The van der Waals surface area contributed by atoms with Crippen LogP contribution in [0.5, 0.6) is 0 Å². The second-order valence-corrected chi connectivity index (χ2v) is 9.92. The molecule has 26 heavy (non-hydrogen) atoms. The van der Waals surface area contributed by atoms with E-state index in [0.29, 0.717) is 6.04 Å². The average Bonchev–Trinajstić information content (AvgIpc) is 3.07. The van der Waals surface area contributed by atoms with E-state index < -0.39 is 0 Å². The van der Waals surface area contributed by atoms with Crippen LogP contribution < -0.4 is 15.2 Å². The van der Waals surface area contributed by atoms with Crippen molar-refractivity contribution in [1.29, 1.82) is 0 Å². The molecule has 1 aliphatic carbocycles. The molecule has 6 heteroatoms. The molecule has 3 aliphatic rings. The number of nitrogens with one attached hydrogen (secondary N) is 1. The highest BCUT2D eigenvalue weighted by Crippen LogP contribution is 2.49. The van der Waals surface area contributed by atoms with E-state index in [1.807, 2.05) is 23.1 Å². The van der Waals surface area contributed by atoms with E-state index in [1.165, 1.54) is 26.4 Å². The lowest BCUT2D eigenvalue weighted by atomic mass is 9.95. The van der Waals surface area contributed by atoms with Crippen molar-refractivity contribution in [2.45, 2.75) is 63.8 Å². The Hall–Kier alpha value is -1.11. The first-order valence-electron chi connectivity index (χ1n) is 9.60. The molecule has 0 aromatic carbocycles. The standard InChI is InChI=1S/C20H27N3OS2/c1-12(2)23-10-6-7-14-17(11-23)26-19(21-13(3)24)18(14)20-22-15-8-4-5-9-16(15)25-20/h8-9,12,18-19H,4-7,10-11H2,1-3H3,(H,21,24). The van der Waals surface area contributed by atoms with Gasteiger partial charge in [-0.15, -0.1) is 23.1 Å². The number of thioether (sulfide) groups is 1. The van der Waals surface area contributed by atoms with Crippen molar-refractivity contribution < 1.29 is 4.79 Å². The summed E-state index contributed by atoms with van der Waals surface area (Å²) in [6.07, 6.45) is 9.07.